The van der Waals surface area contributed by atoms with Crippen LogP contribution in [0.25, 0.3) is 33.5 Å². The van der Waals surface area contributed by atoms with Gasteiger partial charge in [0.15, 0.2) is 0 Å². The van der Waals surface area contributed by atoms with Gasteiger partial charge in [0.2, 0.25) is 5.82 Å². The second kappa shape index (κ2) is 12.0. The van der Waals surface area contributed by atoms with Crippen LogP contribution in [-0.2, 0) is 11.4 Å². The minimum absolute atomic E-state index is 0.141. The summed E-state index contributed by atoms with van der Waals surface area (Å²) in [7, 11) is 0. The maximum atomic E-state index is 12.3. The van der Waals surface area contributed by atoms with Crippen LogP contribution in [0.15, 0.2) is 66.7 Å². The summed E-state index contributed by atoms with van der Waals surface area (Å²) in [6, 6.07) is 20.4. The Balaban J connectivity index is 1.41. The number of ether oxygens (including phenoxy) is 1. The van der Waals surface area contributed by atoms with Crippen molar-refractivity contribution in [3.8, 4) is 28.5 Å². The van der Waals surface area contributed by atoms with Gasteiger partial charge in [-0.1, -0.05) is 59.4 Å². The Kier molecular flexibility index (Phi) is 8.07. The number of hydrogen-bond donors (Lipinski definition) is 3. The quantitative estimate of drug-likeness (QED) is 0.201. The van der Waals surface area contributed by atoms with Crippen LogP contribution in [0.1, 0.15) is 34.1 Å². The Morgan fingerprint density at radius 3 is 2.44 bits per heavy atom. The largest absolute Gasteiger partial charge is 0.478 e. The minimum Gasteiger partial charge on any atom is -0.478 e. The molecular weight excluding hydrogens is 534 g/mol. The molecule has 14 nitrogen and oxygen atoms in total. The molecule has 41 heavy (non-hydrogen) atoms. The zero-order valence-electron chi connectivity index (χ0n) is 21.8. The lowest BCUT2D eigenvalue weighted by Gasteiger charge is -2.12. The van der Waals surface area contributed by atoms with Gasteiger partial charge in [-0.15, -0.1) is 10.2 Å². The van der Waals surface area contributed by atoms with Crippen LogP contribution in [0.3, 0.4) is 0 Å². The summed E-state index contributed by atoms with van der Waals surface area (Å²) in [5, 5.41) is 38.5. The van der Waals surface area contributed by atoms with Gasteiger partial charge in [0, 0.05) is 5.56 Å². The van der Waals surface area contributed by atoms with Crippen LogP contribution >= 0.6 is 0 Å². The smallest absolute Gasteiger partial charge is 0.337 e. The Morgan fingerprint density at radius 1 is 0.976 bits per heavy atom. The van der Waals surface area contributed by atoms with Gasteiger partial charge < -0.3 is 9.84 Å². The van der Waals surface area contributed by atoms with Gasteiger partial charge in [-0.05, 0) is 41.0 Å². The monoisotopic (exact) mass is 559 g/mol. The number of carbonyl (C=O) groups excluding carboxylic acids is 1. The SMILES string of the molecule is CCOc1nc2cccc(C(=O)O)c2n1Cc1ccc(-c2ccccc2-c2nnn(C(=O)CCON(O)O)n2)cc1. The summed E-state index contributed by atoms with van der Waals surface area (Å²) in [4.78, 5) is 33.9. The van der Waals surface area contributed by atoms with Crippen molar-refractivity contribution in [3.05, 3.63) is 77.9 Å². The molecule has 0 aliphatic rings. The minimum atomic E-state index is -1.05. The van der Waals surface area contributed by atoms with E-state index >= 15 is 0 Å². The van der Waals surface area contributed by atoms with E-state index in [1.54, 1.807) is 22.8 Å². The highest BCUT2D eigenvalue weighted by atomic mass is 17.1. The summed E-state index contributed by atoms with van der Waals surface area (Å²) < 4.78 is 7.48. The number of aromatic nitrogens is 6. The van der Waals surface area contributed by atoms with E-state index in [0.717, 1.165) is 21.5 Å². The van der Waals surface area contributed by atoms with Gasteiger partial charge in [-0.3, -0.25) is 24.6 Å². The average Bonchev–Trinajstić information content (AvgIpc) is 3.59. The molecule has 0 aliphatic carbocycles. The fraction of sp³-hybridized carbons (Fsp3) is 0.185. The zero-order chi connectivity index (χ0) is 28.9. The Bertz CT molecular complexity index is 1700. The molecule has 3 aromatic carbocycles. The molecule has 0 bridgehead atoms. The standard InChI is InChI=1S/C27H25N7O7/c1-2-40-27-28-22-9-5-8-21(26(36)37)24(22)32(27)16-17-10-12-18(13-11-17)19-6-3-4-7-20(19)25-29-31-33(30-25)23(35)14-15-41-34(38)39/h3-13,38-39H,2,14-16H2,1H3,(H,36,37). The molecule has 2 heterocycles. The zero-order valence-corrected chi connectivity index (χ0v) is 21.8. The highest BCUT2D eigenvalue weighted by Gasteiger charge is 2.19. The second-order valence-corrected chi connectivity index (χ2v) is 8.77. The van der Waals surface area contributed by atoms with Crippen molar-refractivity contribution in [3.63, 3.8) is 0 Å². The predicted molar refractivity (Wildman–Crippen MR) is 142 cm³/mol. The van der Waals surface area contributed by atoms with Gasteiger partial charge in [-0.25, -0.2) is 4.79 Å². The number of tetrazole rings is 1. The van der Waals surface area contributed by atoms with Crippen molar-refractivity contribution in [2.45, 2.75) is 19.9 Å². The summed E-state index contributed by atoms with van der Waals surface area (Å²) in [5.74, 6) is -1.36. The maximum Gasteiger partial charge on any atom is 0.337 e. The highest BCUT2D eigenvalue weighted by Crippen LogP contribution is 2.31. The normalized spacial score (nSPS) is 11.3. The number of carboxylic acid groups (broad SMARTS) is 1. The number of hydrogen-bond acceptors (Lipinski definition) is 11. The molecule has 14 heteroatoms. The lowest BCUT2D eigenvalue weighted by Crippen LogP contribution is -2.20. The topological polar surface area (TPSA) is 178 Å². The van der Waals surface area contributed by atoms with Crippen molar-refractivity contribution < 1.29 is 34.7 Å². The summed E-state index contributed by atoms with van der Waals surface area (Å²) in [6.45, 7) is 2.27. The number of carbonyl (C=O) groups is 2. The van der Waals surface area contributed by atoms with Crippen LogP contribution < -0.4 is 4.74 Å². The van der Waals surface area contributed by atoms with Crippen molar-refractivity contribution in [1.82, 2.24) is 35.1 Å². The van der Waals surface area contributed by atoms with Gasteiger partial charge in [0.25, 0.3) is 11.9 Å². The molecule has 0 saturated carbocycles. The molecule has 3 N–H and O–H groups in total. The number of para-hydroxylation sites is 1. The molecular formula is C27H25N7O7. The Hall–Kier alpha value is -5.02. The number of nitrogens with zero attached hydrogens (tertiary/aromatic N) is 7. The van der Waals surface area contributed by atoms with Crippen molar-refractivity contribution in [2.24, 2.45) is 0 Å². The lowest BCUT2D eigenvalue weighted by atomic mass is 9.98. The van der Waals surface area contributed by atoms with Crippen molar-refractivity contribution in [1.29, 1.82) is 0 Å². The number of carboxylic acids is 1. The van der Waals surface area contributed by atoms with Crippen LogP contribution in [-0.4, -0.2) is 75.8 Å². The van der Waals surface area contributed by atoms with Gasteiger partial charge in [0.1, 0.15) is 0 Å². The maximum absolute atomic E-state index is 12.3. The number of aromatic carboxylic acids is 1. The first-order valence-electron chi connectivity index (χ1n) is 12.5. The van der Waals surface area contributed by atoms with E-state index in [2.05, 4.69) is 25.2 Å². The lowest BCUT2D eigenvalue weighted by molar-refractivity contribution is -0.491. The molecule has 0 unspecified atom stereocenters. The molecule has 5 aromatic rings. The van der Waals surface area contributed by atoms with Crippen molar-refractivity contribution in [2.75, 3.05) is 13.2 Å². The molecule has 2 aromatic heterocycles. The van der Waals surface area contributed by atoms with Gasteiger partial charge >= 0.3 is 5.97 Å². The molecule has 210 valence electrons. The average molecular weight is 560 g/mol. The van der Waals surface area contributed by atoms with E-state index in [-0.39, 0.29) is 24.4 Å². The molecule has 0 atom stereocenters. The number of imidazole rings is 1. The third-order valence-corrected chi connectivity index (χ3v) is 6.17. The third kappa shape index (κ3) is 5.95. The first-order valence-corrected chi connectivity index (χ1v) is 12.5. The van der Waals surface area contributed by atoms with Crippen LogP contribution in [0, 0.1) is 0 Å². The second-order valence-electron chi connectivity index (χ2n) is 8.77. The van der Waals surface area contributed by atoms with Crippen LogP contribution in [0.5, 0.6) is 6.01 Å². The Labute approximate surface area is 232 Å². The summed E-state index contributed by atoms with van der Waals surface area (Å²) in [6.07, 6.45) is -0.207. The van der Waals surface area contributed by atoms with E-state index in [1.165, 1.54) is 0 Å². The molecule has 0 spiro atoms. The number of rotatable bonds is 11. The molecule has 0 amide bonds. The Morgan fingerprint density at radius 2 is 1.73 bits per heavy atom. The fourth-order valence-electron chi connectivity index (χ4n) is 4.37. The van der Waals surface area contributed by atoms with Gasteiger partial charge in [0.05, 0.1) is 48.2 Å². The van der Waals surface area contributed by atoms with E-state index in [1.807, 2.05) is 55.5 Å². The first kappa shape index (κ1) is 27.5. The first-order chi connectivity index (χ1) is 19.9. The number of fused-ring (bicyclic) bond motifs is 1. The molecule has 0 aliphatic heterocycles. The van der Waals surface area contributed by atoms with Crippen molar-refractivity contribution >= 4 is 22.9 Å². The molecule has 0 saturated heterocycles. The molecule has 5 rings (SSSR count). The molecule has 0 radical (unpaired) electrons. The van der Waals surface area contributed by atoms with E-state index in [0.29, 0.717) is 35.8 Å². The summed E-state index contributed by atoms with van der Waals surface area (Å²) >= 11 is 0. The van der Waals surface area contributed by atoms with E-state index in [4.69, 9.17) is 15.2 Å². The predicted octanol–water partition coefficient (Wildman–Crippen LogP) is 3.54. The highest BCUT2D eigenvalue weighted by molar-refractivity contribution is 6.01. The van der Waals surface area contributed by atoms with Crippen LogP contribution in [0.2, 0.25) is 0 Å². The number of benzene rings is 3. The summed E-state index contributed by atoms with van der Waals surface area (Å²) in [5.41, 5.74) is 4.37. The van der Waals surface area contributed by atoms with Gasteiger partial charge in [-0.2, -0.15) is 4.98 Å². The third-order valence-electron chi connectivity index (χ3n) is 6.17. The van der Waals surface area contributed by atoms with E-state index in [9.17, 15) is 14.7 Å². The van der Waals surface area contributed by atoms with Crippen LogP contribution in [0.4, 0.5) is 0 Å². The van der Waals surface area contributed by atoms with E-state index < -0.39 is 17.3 Å². The fourth-order valence-corrected chi connectivity index (χ4v) is 4.37. The molecule has 0 fully saturated rings.